The highest BCUT2D eigenvalue weighted by molar-refractivity contribution is 5.98. The monoisotopic (exact) mass is 426 g/mol. The predicted molar refractivity (Wildman–Crippen MR) is 120 cm³/mol. The predicted octanol–water partition coefficient (Wildman–Crippen LogP) is 4.38. The van der Waals surface area contributed by atoms with E-state index in [2.05, 4.69) is 10.3 Å². The van der Waals surface area contributed by atoms with E-state index in [1.807, 2.05) is 71.4 Å². The summed E-state index contributed by atoms with van der Waals surface area (Å²) in [4.78, 5) is 32.0. The number of carbonyl (C=O) groups excluding carboxylic acids is 2. The maximum atomic E-state index is 13.0. The highest BCUT2D eigenvalue weighted by atomic mass is 16.3. The van der Waals surface area contributed by atoms with Crippen molar-refractivity contribution in [1.29, 1.82) is 0 Å². The van der Waals surface area contributed by atoms with Crippen molar-refractivity contribution in [2.24, 2.45) is 0 Å². The summed E-state index contributed by atoms with van der Waals surface area (Å²) in [5.41, 5.74) is 2.57. The first kappa shape index (κ1) is 19.8. The number of para-hydroxylation sites is 1. The quantitative estimate of drug-likeness (QED) is 0.476. The third-order valence-electron chi connectivity index (χ3n) is 5.36. The van der Waals surface area contributed by atoms with E-state index in [0.717, 1.165) is 29.8 Å². The van der Waals surface area contributed by atoms with Crippen LogP contribution in [0.25, 0.3) is 16.9 Å². The van der Waals surface area contributed by atoms with Crippen LogP contribution >= 0.6 is 0 Å². The van der Waals surface area contributed by atoms with Crippen LogP contribution in [0, 0.1) is 0 Å². The average molecular weight is 426 g/mol. The Morgan fingerprint density at radius 1 is 1.00 bits per heavy atom. The second-order valence-corrected chi connectivity index (χ2v) is 7.71. The number of anilines is 1. The Bertz CT molecular complexity index is 1210. The van der Waals surface area contributed by atoms with Crippen LogP contribution in [0.1, 0.15) is 23.4 Å². The molecule has 1 saturated carbocycles. The van der Waals surface area contributed by atoms with Gasteiger partial charge in [0.1, 0.15) is 6.54 Å². The number of hydrogen-bond donors (Lipinski definition) is 1. The first-order valence-corrected chi connectivity index (χ1v) is 10.5. The summed E-state index contributed by atoms with van der Waals surface area (Å²) in [6, 6.07) is 22.8. The van der Waals surface area contributed by atoms with Crippen LogP contribution in [0.5, 0.6) is 0 Å². The van der Waals surface area contributed by atoms with Gasteiger partial charge in [-0.2, -0.15) is 0 Å². The molecule has 0 bridgehead atoms. The van der Waals surface area contributed by atoms with Gasteiger partial charge in [-0.25, -0.2) is 4.98 Å². The summed E-state index contributed by atoms with van der Waals surface area (Å²) in [6.45, 7) is -0.0630. The Morgan fingerprint density at radius 2 is 1.72 bits per heavy atom. The maximum Gasteiger partial charge on any atom is 0.290 e. The molecule has 7 heteroatoms. The van der Waals surface area contributed by atoms with Gasteiger partial charge in [-0.05, 0) is 37.1 Å². The van der Waals surface area contributed by atoms with Crippen molar-refractivity contribution in [3.63, 3.8) is 0 Å². The smallest absolute Gasteiger partial charge is 0.290 e. The van der Waals surface area contributed by atoms with Crippen LogP contribution in [0.2, 0.25) is 0 Å². The van der Waals surface area contributed by atoms with Gasteiger partial charge in [-0.3, -0.25) is 19.5 Å². The molecule has 4 aromatic rings. The number of carbonyl (C=O) groups is 2. The highest BCUT2D eigenvalue weighted by Gasteiger charge is 2.35. The molecule has 2 amide bonds. The zero-order valence-electron chi connectivity index (χ0n) is 17.3. The minimum absolute atomic E-state index is 0.0621. The van der Waals surface area contributed by atoms with Gasteiger partial charge in [0.2, 0.25) is 11.9 Å². The van der Waals surface area contributed by atoms with E-state index in [4.69, 9.17) is 4.42 Å². The molecule has 1 aliphatic carbocycles. The second-order valence-electron chi connectivity index (χ2n) is 7.71. The standard InChI is InChI=1S/C25H22N4O3/c30-23(17-28(20-13-14-20)24(31)22-12-7-15-32-22)27-25-26-21(18-8-3-1-4-9-18)16-29(25)19-10-5-2-6-11-19/h1-12,15-16,20H,13-14,17H2,(H,26,27,30). The first-order chi connectivity index (χ1) is 15.7. The van der Waals surface area contributed by atoms with Crippen LogP contribution in [0.3, 0.4) is 0 Å². The molecule has 2 aromatic heterocycles. The molecule has 0 aliphatic heterocycles. The minimum atomic E-state index is -0.306. The van der Waals surface area contributed by atoms with E-state index in [9.17, 15) is 9.59 Å². The summed E-state index contributed by atoms with van der Waals surface area (Å²) in [5, 5.41) is 2.90. The van der Waals surface area contributed by atoms with Crippen LogP contribution in [-0.2, 0) is 4.79 Å². The van der Waals surface area contributed by atoms with Gasteiger partial charge in [0, 0.05) is 23.5 Å². The molecule has 2 aromatic carbocycles. The number of benzene rings is 2. The van der Waals surface area contributed by atoms with Crippen molar-refractivity contribution in [3.8, 4) is 16.9 Å². The van der Waals surface area contributed by atoms with Gasteiger partial charge >= 0.3 is 0 Å². The molecule has 1 fully saturated rings. The Hall–Kier alpha value is -4.13. The molecule has 7 nitrogen and oxygen atoms in total. The molecule has 5 rings (SSSR count). The molecule has 0 unspecified atom stereocenters. The SMILES string of the molecule is O=C(CN(C(=O)c1ccco1)C1CC1)Nc1nc(-c2ccccc2)cn1-c1ccccc1. The maximum absolute atomic E-state index is 13.0. The van der Waals surface area contributed by atoms with Gasteiger partial charge in [0.05, 0.1) is 12.0 Å². The van der Waals surface area contributed by atoms with E-state index < -0.39 is 0 Å². The van der Waals surface area contributed by atoms with Crippen molar-refractivity contribution in [1.82, 2.24) is 14.5 Å². The Balaban J connectivity index is 1.40. The average Bonchev–Trinajstić information content (AvgIpc) is 3.35. The molecule has 0 atom stereocenters. The summed E-state index contributed by atoms with van der Waals surface area (Å²) in [5.74, 6) is 0.0614. The molecule has 1 aliphatic rings. The topological polar surface area (TPSA) is 80.4 Å². The van der Waals surface area contributed by atoms with E-state index >= 15 is 0 Å². The Kier molecular flexibility index (Phi) is 5.29. The lowest BCUT2D eigenvalue weighted by Gasteiger charge is -2.20. The van der Waals surface area contributed by atoms with E-state index in [1.54, 1.807) is 17.0 Å². The van der Waals surface area contributed by atoms with Crippen LogP contribution < -0.4 is 5.32 Å². The molecular weight excluding hydrogens is 404 g/mol. The van der Waals surface area contributed by atoms with E-state index in [-0.39, 0.29) is 30.2 Å². The number of hydrogen-bond acceptors (Lipinski definition) is 4. The number of aromatic nitrogens is 2. The van der Waals surface area contributed by atoms with E-state index in [0.29, 0.717) is 5.95 Å². The summed E-state index contributed by atoms with van der Waals surface area (Å²) in [6.07, 6.45) is 5.13. The summed E-state index contributed by atoms with van der Waals surface area (Å²) in [7, 11) is 0. The lowest BCUT2D eigenvalue weighted by atomic mass is 10.2. The fourth-order valence-electron chi connectivity index (χ4n) is 3.62. The number of imidazole rings is 1. The van der Waals surface area contributed by atoms with Crippen molar-refractivity contribution in [2.75, 3.05) is 11.9 Å². The lowest BCUT2D eigenvalue weighted by molar-refractivity contribution is -0.117. The van der Waals surface area contributed by atoms with Crippen molar-refractivity contribution in [3.05, 3.63) is 91.0 Å². The fraction of sp³-hybridized carbons (Fsp3) is 0.160. The summed E-state index contributed by atoms with van der Waals surface area (Å²) >= 11 is 0. The van der Waals surface area contributed by atoms with Crippen LogP contribution in [0.15, 0.2) is 89.7 Å². The zero-order valence-corrected chi connectivity index (χ0v) is 17.3. The normalized spacial score (nSPS) is 13.0. The Labute approximate surface area is 185 Å². The number of nitrogens with one attached hydrogen (secondary N) is 1. The van der Waals surface area contributed by atoms with Gasteiger partial charge in [0.25, 0.3) is 5.91 Å². The highest BCUT2D eigenvalue weighted by Crippen LogP contribution is 2.29. The zero-order chi connectivity index (χ0) is 21.9. The largest absolute Gasteiger partial charge is 0.459 e. The minimum Gasteiger partial charge on any atom is -0.459 e. The molecule has 32 heavy (non-hydrogen) atoms. The van der Waals surface area contributed by atoms with Crippen LogP contribution in [-0.4, -0.2) is 38.9 Å². The number of furan rings is 1. The number of rotatable bonds is 7. The van der Waals surface area contributed by atoms with Gasteiger partial charge < -0.3 is 9.32 Å². The molecule has 0 radical (unpaired) electrons. The van der Waals surface area contributed by atoms with Crippen molar-refractivity contribution < 1.29 is 14.0 Å². The van der Waals surface area contributed by atoms with Gasteiger partial charge in [-0.15, -0.1) is 0 Å². The van der Waals surface area contributed by atoms with Crippen molar-refractivity contribution >= 4 is 17.8 Å². The van der Waals surface area contributed by atoms with Crippen molar-refractivity contribution in [2.45, 2.75) is 18.9 Å². The second kappa shape index (κ2) is 8.55. The van der Waals surface area contributed by atoms with E-state index in [1.165, 1.54) is 6.26 Å². The lowest BCUT2D eigenvalue weighted by Crippen LogP contribution is -2.39. The Morgan fingerprint density at radius 3 is 2.38 bits per heavy atom. The molecule has 0 saturated heterocycles. The molecular formula is C25H22N4O3. The molecule has 2 heterocycles. The first-order valence-electron chi connectivity index (χ1n) is 10.5. The summed E-state index contributed by atoms with van der Waals surface area (Å²) < 4.78 is 7.09. The fourth-order valence-corrected chi connectivity index (χ4v) is 3.62. The third-order valence-corrected chi connectivity index (χ3v) is 5.36. The van der Waals surface area contributed by atoms with Gasteiger partial charge in [-0.1, -0.05) is 48.5 Å². The van der Waals surface area contributed by atoms with Crippen LogP contribution in [0.4, 0.5) is 5.95 Å². The van der Waals surface area contributed by atoms with Gasteiger partial charge in [0.15, 0.2) is 5.76 Å². The molecule has 0 spiro atoms. The molecule has 1 N–H and O–H groups in total. The molecule has 160 valence electrons. The third kappa shape index (κ3) is 4.18. The number of nitrogens with zero attached hydrogens (tertiary/aromatic N) is 3. The number of amides is 2.